The van der Waals surface area contributed by atoms with E-state index >= 15 is 0 Å². The molecule has 5 nitrogen and oxygen atoms in total. The molecule has 0 bridgehead atoms. The average Bonchev–Trinajstić information content (AvgIpc) is 2.28. The zero-order valence-corrected chi connectivity index (χ0v) is 10.2. The highest BCUT2D eigenvalue weighted by molar-refractivity contribution is 6.30. The lowest BCUT2D eigenvalue weighted by Crippen LogP contribution is -2.35. The van der Waals surface area contributed by atoms with Gasteiger partial charge in [0.05, 0.1) is 16.8 Å². The number of hydrogen-bond acceptors (Lipinski definition) is 3. The lowest BCUT2D eigenvalue weighted by atomic mass is 10.1. The van der Waals surface area contributed by atoms with Gasteiger partial charge in [0, 0.05) is 6.20 Å². The third-order valence-corrected chi connectivity index (χ3v) is 2.54. The van der Waals surface area contributed by atoms with Crippen LogP contribution in [-0.2, 0) is 9.59 Å². The van der Waals surface area contributed by atoms with Crippen LogP contribution in [0.4, 0.5) is 0 Å². The molecule has 0 aliphatic rings. The number of carboxylic acids is 1. The lowest BCUT2D eigenvalue weighted by molar-refractivity contribution is -0.146. The highest BCUT2D eigenvalue weighted by atomic mass is 35.5. The molecule has 0 aromatic carbocycles. The van der Waals surface area contributed by atoms with Crippen molar-refractivity contribution in [2.75, 3.05) is 0 Å². The Morgan fingerprint density at radius 2 is 2.06 bits per heavy atom. The number of halogens is 1. The third-order valence-electron chi connectivity index (χ3n) is 2.32. The van der Waals surface area contributed by atoms with Crippen molar-refractivity contribution >= 4 is 23.5 Å². The van der Waals surface area contributed by atoms with Crippen LogP contribution >= 0.6 is 11.6 Å². The first-order valence-corrected chi connectivity index (χ1v) is 5.44. The molecular formula is C11H13ClN2O3. The quantitative estimate of drug-likeness (QED) is 0.803. The Kier molecular flexibility index (Phi) is 4.45. The van der Waals surface area contributed by atoms with E-state index in [0.29, 0.717) is 10.7 Å². The number of nitrogens with zero attached hydrogens (tertiary/aromatic N) is 1. The number of nitrogens with one attached hydrogen (secondary N) is 1. The molecule has 2 atom stereocenters. The maximum Gasteiger partial charge on any atom is 0.315 e. The Labute approximate surface area is 104 Å². The van der Waals surface area contributed by atoms with Crippen molar-refractivity contribution in [3.8, 4) is 0 Å². The summed E-state index contributed by atoms with van der Waals surface area (Å²) >= 11 is 5.69. The van der Waals surface area contributed by atoms with Crippen molar-refractivity contribution in [3.63, 3.8) is 0 Å². The molecule has 6 heteroatoms. The van der Waals surface area contributed by atoms with Crippen LogP contribution in [0.5, 0.6) is 0 Å². The summed E-state index contributed by atoms with van der Waals surface area (Å²) in [6.45, 7) is 3.06. The summed E-state index contributed by atoms with van der Waals surface area (Å²) in [5.74, 6) is -2.77. The largest absolute Gasteiger partial charge is 0.481 e. The Balaban J connectivity index is 2.66. The zero-order valence-electron chi connectivity index (χ0n) is 9.48. The van der Waals surface area contributed by atoms with Crippen LogP contribution in [0.25, 0.3) is 0 Å². The number of amides is 1. The molecule has 1 rings (SSSR count). The number of rotatable bonds is 4. The Morgan fingerprint density at radius 3 is 2.53 bits per heavy atom. The topological polar surface area (TPSA) is 79.3 Å². The molecule has 0 fully saturated rings. The van der Waals surface area contributed by atoms with E-state index in [1.54, 1.807) is 19.1 Å². The fourth-order valence-corrected chi connectivity index (χ4v) is 1.28. The minimum Gasteiger partial charge on any atom is -0.481 e. The van der Waals surface area contributed by atoms with Gasteiger partial charge in [0.1, 0.15) is 5.92 Å². The number of hydrogen-bond donors (Lipinski definition) is 2. The van der Waals surface area contributed by atoms with Gasteiger partial charge in [-0.05, 0) is 26.0 Å². The molecule has 92 valence electrons. The molecule has 1 heterocycles. The second kappa shape index (κ2) is 5.63. The average molecular weight is 257 g/mol. The van der Waals surface area contributed by atoms with E-state index in [1.165, 1.54) is 13.1 Å². The smallest absolute Gasteiger partial charge is 0.315 e. The van der Waals surface area contributed by atoms with Crippen molar-refractivity contribution in [3.05, 3.63) is 29.0 Å². The maximum absolute atomic E-state index is 11.5. The molecule has 0 saturated carbocycles. The van der Waals surface area contributed by atoms with Crippen LogP contribution in [0, 0.1) is 5.92 Å². The first-order valence-electron chi connectivity index (χ1n) is 5.06. The maximum atomic E-state index is 11.5. The highest BCUT2D eigenvalue weighted by Gasteiger charge is 2.22. The van der Waals surface area contributed by atoms with Gasteiger partial charge in [-0.3, -0.25) is 14.6 Å². The van der Waals surface area contributed by atoms with E-state index in [4.69, 9.17) is 16.7 Å². The molecule has 0 radical (unpaired) electrons. The van der Waals surface area contributed by atoms with Crippen molar-refractivity contribution in [1.82, 2.24) is 10.3 Å². The molecule has 1 aromatic heterocycles. The van der Waals surface area contributed by atoms with E-state index < -0.39 is 17.8 Å². The molecule has 1 unspecified atom stereocenters. The van der Waals surface area contributed by atoms with Crippen LogP contribution in [0.15, 0.2) is 18.3 Å². The summed E-state index contributed by atoms with van der Waals surface area (Å²) in [7, 11) is 0. The van der Waals surface area contributed by atoms with Gasteiger partial charge in [-0.15, -0.1) is 0 Å². The fourth-order valence-electron chi connectivity index (χ4n) is 1.17. The van der Waals surface area contributed by atoms with E-state index in [1.807, 2.05) is 0 Å². The normalized spacial score (nSPS) is 13.8. The summed E-state index contributed by atoms with van der Waals surface area (Å²) in [6.07, 6.45) is 1.47. The van der Waals surface area contributed by atoms with Gasteiger partial charge in [-0.25, -0.2) is 0 Å². The molecular weight excluding hydrogens is 244 g/mol. The van der Waals surface area contributed by atoms with Gasteiger partial charge >= 0.3 is 5.97 Å². The van der Waals surface area contributed by atoms with Gasteiger partial charge in [-0.2, -0.15) is 0 Å². The number of aromatic nitrogens is 1. The van der Waals surface area contributed by atoms with E-state index in [9.17, 15) is 9.59 Å². The van der Waals surface area contributed by atoms with Gasteiger partial charge in [0.15, 0.2) is 0 Å². The minimum absolute atomic E-state index is 0.360. The van der Waals surface area contributed by atoms with Crippen LogP contribution < -0.4 is 5.32 Å². The summed E-state index contributed by atoms with van der Waals surface area (Å²) in [4.78, 5) is 26.1. The minimum atomic E-state index is -1.15. The van der Waals surface area contributed by atoms with Gasteiger partial charge in [0.25, 0.3) is 0 Å². The number of carbonyl (C=O) groups excluding carboxylic acids is 1. The monoisotopic (exact) mass is 256 g/mol. The third kappa shape index (κ3) is 3.71. The molecule has 0 aliphatic heterocycles. The SMILES string of the molecule is CC(C(=O)O)C(=O)N[C@@H](C)c1ccc(Cl)cn1. The second-order valence-corrected chi connectivity index (χ2v) is 4.13. The van der Waals surface area contributed by atoms with Crippen LogP contribution in [0.3, 0.4) is 0 Å². The van der Waals surface area contributed by atoms with Gasteiger partial charge < -0.3 is 10.4 Å². The zero-order chi connectivity index (χ0) is 13.0. The van der Waals surface area contributed by atoms with Gasteiger partial charge in [0.2, 0.25) is 5.91 Å². The van der Waals surface area contributed by atoms with Crippen molar-refractivity contribution < 1.29 is 14.7 Å². The first kappa shape index (κ1) is 13.4. The Bertz CT molecular complexity index is 419. The standard InChI is InChI=1S/C11H13ClN2O3/c1-6(11(16)17)10(15)14-7(2)9-4-3-8(12)5-13-9/h3-7H,1-2H3,(H,14,15)(H,16,17)/t6?,7-/m0/s1. The predicted molar refractivity (Wildman–Crippen MR) is 62.6 cm³/mol. The summed E-state index contributed by atoms with van der Waals surface area (Å²) in [5.41, 5.74) is 0.625. The van der Waals surface area contributed by atoms with Crippen LogP contribution in [0.1, 0.15) is 25.6 Å². The molecule has 2 N–H and O–H groups in total. The highest BCUT2D eigenvalue weighted by Crippen LogP contribution is 2.13. The Hall–Kier alpha value is -1.62. The summed E-state index contributed by atoms with van der Waals surface area (Å²) < 4.78 is 0. The van der Waals surface area contributed by atoms with E-state index in [2.05, 4.69) is 10.3 Å². The fraction of sp³-hybridized carbons (Fsp3) is 0.364. The van der Waals surface area contributed by atoms with E-state index in [-0.39, 0.29) is 6.04 Å². The number of carbonyl (C=O) groups is 2. The predicted octanol–water partition coefficient (Wildman–Crippen LogP) is 1.63. The van der Waals surface area contributed by atoms with Crippen LogP contribution in [-0.4, -0.2) is 22.0 Å². The van der Waals surface area contributed by atoms with Crippen molar-refractivity contribution in [2.24, 2.45) is 5.92 Å². The molecule has 0 saturated heterocycles. The molecule has 0 spiro atoms. The molecule has 1 aromatic rings. The van der Waals surface area contributed by atoms with E-state index in [0.717, 1.165) is 0 Å². The second-order valence-electron chi connectivity index (χ2n) is 3.69. The number of pyridine rings is 1. The molecule has 0 aliphatic carbocycles. The number of carboxylic acid groups (broad SMARTS) is 1. The Morgan fingerprint density at radius 1 is 1.41 bits per heavy atom. The molecule has 17 heavy (non-hydrogen) atoms. The van der Waals surface area contributed by atoms with Crippen molar-refractivity contribution in [1.29, 1.82) is 0 Å². The number of aliphatic carboxylic acids is 1. The van der Waals surface area contributed by atoms with Gasteiger partial charge in [-0.1, -0.05) is 11.6 Å². The summed E-state index contributed by atoms with van der Waals surface area (Å²) in [5, 5.41) is 11.8. The van der Waals surface area contributed by atoms with Crippen LogP contribution in [0.2, 0.25) is 5.02 Å². The molecule has 1 amide bonds. The lowest BCUT2D eigenvalue weighted by Gasteiger charge is -2.15. The van der Waals surface area contributed by atoms with Crippen molar-refractivity contribution in [2.45, 2.75) is 19.9 Å². The summed E-state index contributed by atoms with van der Waals surface area (Å²) in [6, 6.07) is 2.98. The first-order chi connectivity index (χ1) is 7.91.